The predicted molar refractivity (Wildman–Crippen MR) is 100 cm³/mol. The first-order chi connectivity index (χ1) is 11.7. The molecule has 6 nitrogen and oxygen atoms in total. The Bertz CT molecular complexity index is 863. The van der Waals surface area contributed by atoms with Gasteiger partial charge >= 0.3 is 0 Å². The molecule has 1 atom stereocenters. The van der Waals surface area contributed by atoms with Crippen LogP contribution >= 0.6 is 0 Å². The third-order valence-electron chi connectivity index (χ3n) is 3.67. The molecule has 2 aromatic rings. The Labute approximate surface area is 148 Å². The number of nitrogens with one attached hydrogen (secondary N) is 2. The maximum Gasteiger partial charge on any atom is 0.246 e. The topological polar surface area (TPSA) is 78.5 Å². The van der Waals surface area contributed by atoms with Gasteiger partial charge in [-0.15, -0.1) is 0 Å². The molecule has 2 aromatic carbocycles. The minimum absolute atomic E-state index is 0.134. The number of carbonyl (C=O) groups excluding carboxylic acids is 1. The van der Waals surface area contributed by atoms with Gasteiger partial charge in [0.15, 0.2) is 0 Å². The highest BCUT2D eigenvalue weighted by Crippen LogP contribution is 2.18. The first-order valence-corrected chi connectivity index (χ1v) is 9.31. The van der Waals surface area contributed by atoms with Gasteiger partial charge in [-0.2, -0.15) is 0 Å². The van der Waals surface area contributed by atoms with Gasteiger partial charge in [0.2, 0.25) is 15.9 Å². The zero-order chi connectivity index (χ0) is 18.6. The van der Waals surface area contributed by atoms with Crippen LogP contribution in [0.5, 0.6) is 0 Å². The number of benzene rings is 2. The van der Waals surface area contributed by atoms with Crippen LogP contribution in [0, 0.1) is 6.92 Å². The van der Waals surface area contributed by atoms with E-state index in [-0.39, 0.29) is 10.8 Å². The fourth-order valence-electron chi connectivity index (χ4n) is 2.25. The summed E-state index contributed by atoms with van der Waals surface area (Å²) in [7, 11) is -0.609. The van der Waals surface area contributed by atoms with E-state index >= 15 is 0 Å². The van der Waals surface area contributed by atoms with Crippen LogP contribution < -0.4 is 10.6 Å². The average molecular weight is 361 g/mol. The number of hydrogen-bond donors (Lipinski definition) is 2. The average Bonchev–Trinajstić information content (AvgIpc) is 2.54. The van der Waals surface area contributed by atoms with E-state index in [1.54, 1.807) is 19.1 Å². The Kier molecular flexibility index (Phi) is 5.81. The van der Waals surface area contributed by atoms with Crippen molar-refractivity contribution in [1.82, 2.24) is 4.31 Å². The van der Waals surface area contributed by atoms with Gasteiger partial charge < -0.3 is 10.6 Å². The van der Waals surface area contributed by atoms with Gasteiger partial charge in [0.05, 0.1) is 4.90 Å². The van der Waals surface area contributed by atoms with E-state index < -0.39 is 16.1 Å². The second-order valence-corrected chi connectivity index (χ2v) is 8.19. The summed E-state index contributed by atoms with van der Waals surface area (Å²) >= 11 is 0. The van der Waals surface area contributed by atoms with Crippen LogP contribution in [0.15, 0.2) is 53.4 Å². The summed E-state index contributed by atoms with van der Waals surface area (Å²) in [6.45, 7) is 3.73. The molecule has 0 spiro atoms. The summed E-state index contributed by atoms with van der Waals surface area (Å²) in [4.78, 5) is 12.5. The van der Waals surface area contributed by atoms with Crippen LogP contribution in [0.1, 0.15) is 12.5 Å². The lowest BCUT2D eigenvalue weighted by Gasteiger charge is -2.16. The Morgan fingerprint density at radius 2 is 1.68 bits per heavy atom. The second kappa shape index (κ2) is 7.67. The van der Waals surface area contributed by atoms with E-state index in [4.69, 9.17) is 0 Å². The summed E-state index contributed by atoms with van der Waals surface area (Å²) < 4.78 is 25.5. The summed E-state index contributed by atoms with van der Waals surface area (Å²) in [5.74, 6) is -0.249. The molecule has 2 rings (SSSR count). The molecule has 0 fully saturated rings. The van der Waals surface area contributed by atoms with Gasteiger partial charge in [-0.1, -0.05) is 18.2 Å². The van der Waals surface area contributed by atoms with Crippen molar-refractivity contribution in [3.05, 3.63) is 54.1 Å². The highest BCUT2D eigenvalue weighted by atomic mass is 32.2. The molecular formula is C18H23N3O3S. The van der Waals surface area contributed by atoms with E-state index in [0.29, 0.717) is 5.69 Å². The molecule has 7 heteroatoms. The Balaban J connectivity index is 2.10. The van der Waals surface area contributed by atoms with Crippen molar-refractivity contribution in [3.63, 3.8) is 0 Å². The normalized spacial score (nSPS) is 12.7. The Hall–Kier alpha value is -2.38. The van der Waals surface area contributed by atoms with Gasteiger partial charge in [-0.25, -0.2) is 12.7 Å². The highest BCUT2D eigenvalue weighted by Gasteiger charge is 2.18. The van der Waals surface area contributed by atoms with E-state index in [0.717, 1.165) is 15.6 Å². The first kappa shape index (κ1) is 19.0. The number of nitrogens with zero attached hydrogens (tertiary/aromatic N) is 1. The van der Waals surface area contributed by atoms with Crippen molar-refractivity contribution >= 4 is 27.3 Å². The molecule has 1 amide bonds. The van der Waals surface area contributed by atoms with Crippen LogP contribution in [0.25, 0.3) is 0 Å². The monoisotopic (exact) mass is 361 g/mol. The van der Waals surface area contributed by atoms with Gasteiger partial charge in [-0.05, 0) is 49.7 Å². The Morgan fingerprint density at radius 1 is 1.04 bits per heavy atom. The molecule has 25 heavy (non-hydrogen) atoms. The second-order valence-electron chi connectivity index (χ2n) is 6.04. The third-order valence-corrected chi connectivity index (χ3v) is 5.49. The van der Waals surface area contributed by atoms with Gasteiger partial charge in [0, 0.05) is 25.5 Å². The van der Waals surface area contributed by atoms with Crippen molar-refractivity contribution in [2.75, 3.05) is 24.7 Å². The first-order valence-electron chi connectivity index (χ1n) is 7.87. The zero-order valence-electron chi connectivity index (χ0n) is 14.8. The number of anilines is 2. The summed E-state index contributed by atoms with van der Waals surface area (Å²) in [6.07, 6.45) is 0. The Morgan fingerprint density at radius 3 is 2.32 bits per heavy atom. The molecule has 0 aliphatic carbocycles. The third kappa shape index (κ3) is 4.80. The lowest BCUT2D eigenvalue weighted by atomic mass is 10.2. The van der Waals surface area contributed by atoms with E-state index in [1.165, 1.54) is 26.2 Å². The van der Waals surface area contributed by atoms with Gasteiger partial charge in [-0.3, -0.25) is 4.79 Å². The quantitative estimate of drug-likeness (QED) is 0.829. The fourth-order valence-corrected chi connectivity index (χ4v) is 3.19. The standard InChI is InChI=1S/C18H23N3O3S/c1-13-7-5-8-15(11-13)19-14(2)18(22)20-16-9-6-10-17(12-16)25(23,24)21(3)4/h5-12,14,19H,1-4H3,(H,20,22)/t14-/m1/s1. The van der Waals surface area contributed by atoms with Crippen LogP contribution in [0.2, 0.25) is 0 Å². The van der Waals surface area contributed by atoms with Crippen molar-refractivity contribution < 1.29 is 13.2 Å². The van der Waals surface area contributed by atoms with Crippen LogP contribution in [0.4, 0.5) is 11.4 Å². The summed E-state index contributed by atoms with van der Waals surface area (Å²) in [5, 5.41) is 5.87. The molecule has 0 unspecified atom stereocenters. The van der Waals surface area contributed by atoms with Crippen LogP contribution in [-0.2, 0) is 14.8 Å². The molecule has 134 valence electrons. The van der Waals surface area contributed by atoms with Crippen molar-refractivity contribution in [3.8, 4) is 0 Å². The predicted octanol–water partition coefficient (Wildman–Crippen LogP) is 2.68. The molecule has 0 radical (unpaired) electrons. The molecule has 0 bridgehead atoms. The molecule has 0 aliphatic heterocycles. The number of rotatable bonds is 6. The van der Waals surface area contributed by atoms with Crippen LogP contribution in [0.3, 0.4) is 0 Å². The summed E-state index contributed by atoms with van der Waals surface area (Å²) in [6, 6.07) is 13.5. The smallest absolute Gasteiger partial charge is 0.246 e. The molecule has 0 aromatic heterocycles. The highest BCUT2D eigenvalue weighted by molar-refractivity contribution is 7.89. The maximum atomic E-state index is 12.4. The van der Waals surface area contributed by atoms with Crippen molar-refractivity contribution in [1.29, 1.82) is 0 Å². The van der Waals surface area contributed by atoms with E-state index in [2.05, 4.69) is 10.6 Å². The van der Waals surface area contributed by atoms with E-state index in [1.807, 2.05) is 31.2 Å². The fraction of sp³-hybridized carbons (Fsp3) is 0.278. The molecular weight excluding hydrogens is 338 g/mol. The van der Waals surface area contributed by atoms with Crippen molar-refractivity contribution in [2.24, 2.45) is 0 Å². The molecule has 2 N–H and O–H groups in total. The molecule has 0 saturated carbocycles. The van der Waals surface area contributed by atoms with Crippen LogP contribution in [-0.4, -0.2) is 38.8 Å². The molecule has 0 saturated heterocycles. The minimum atomic E-state index is -3.54. The van der Waals surface area contributed by atoms with Gasteiger partial charge in [0.1, 0.15) is 6.04 Å². The number of sulfonamides is 1. The molecule has 0 aliphatic rings. The zero-order valence-corrected chi connectivity index (χ0v) is 15.6. The van der Waals surface area contributed by atoms with Crippen molar-refractivity contribution in [2.45, 2.75) is 24.8 Å². The largest absolute Gasteiger partial charge is 0.374 e. The number of amides is 1. The lowest BCUT2D eigenvalue weighted by Crippen LogP contribution is -2.32. The number of aryl methyl sites for hydroxylation is 1. The minimum Gasteiger partial charge on any atom is -0.374 e. The number of carbonyl (C=O) groups is 1. The van der Waals surface area contributed by atoms with Gasteiger partial charge in [0.25, 0.3) is 0 Å². The SMILES string of the molecule is Cc1cccc(N[C@H](C)C(=O)Nc2cccc(S(=O)(=O)N(C)C)c2)c1. The lowest BCUT2D eigenvalue weighted by molar-refractivity contribution is -0.116. The molecule has 0 heterocycles. The summed E-state index contributed by atoms with van der Waals surface area (Å²) in [5.41, 5.74) is 2.39. The van der Waals surface area contributed by atoms with E-state index in [9.17, 15) is 13.2 Å². The number of hydrogen-bond acceptors (Lipinski definition) is 4. The maximum absolute atomic E-state index is 12.4.